The van der Waals surface area contributed by atoms with E-state index in [-0.39, 0.29) is 0 Å². The number of benzene rings is 4. The van der Waals surface area contributed by atoms with E-state index < -0.39 is 0 Å². The quantitative estimate of drug-likeness (QED) is 0.191. The third-order valence-electron chi connectivity index (χ3n) is 5.12. The lowest BCUT2D eigenvalue weighted by Gasteiger charge is -2.07. The maximum absolute atomic E-state index is 6.27. The molecule has 0 aliphatic rings. The molecule has 1 heterocycles. The van der Waals surface area contributed by atoms with Crippen LogP contribution in [-0.4, -0.2) is 20.7 Å². The van der Waals surface area contributed by atoms with Gasteiger partial charge in [-0.2, -0.15) is 14.9 Å². The molecule has 5 rings (SSSR count). The van der Waals surface area contributed by atoms with Crippen molar-refractivity contribution < 1.29 is 0 Å². The van der Waals surface area contributed by atoms with Gasteiger partial charge in [-0.1, -0.05) is 78.3 Å². The number of rotatable bonds is 4. The first-order valence-electron chi connectivity index (χ1n) is 9.53. The summed E-state index contributed by atoms with van der Waals surface area (Å²) in [6.07, 6.45) is 3.49. The van der Waals surface area contributed by atoms with Crippen molar-refractivity contribution >= 4 is 51.6 Å². The molecular weight excluding hydrogens is 412 g/mol. The van der Waals surface area contributed by atoms with Crippen LogP contribution in [0.15, 0.2) is 90.3 Å². The zero-order chi connectivity index (χ0) is 20.5. The predicted molar refractivity (Wildman–Crippen MR) is 126 cm³/mol. The van der Waals surface area contributed by atoms with Gasteiger partial charge in [-0.25, -0.2) is 4.68 Å². The zero-order valence-electron chi connectivity index (χ0n) is 15.9. The minimum Gasteiger partial charge on any atom is -0.232 e. The second-order valence-corrected chi connectivity index (χ2v) is 7.76. The van der Waals surface area contributed by atoms with E-state index in [2.05, 4.69) is 40.5 Å². The van der Waals surface area contributed by atoms with Gasteiger partial charge >= 0.3 is 0 Å². The Morgan fingerprint density at radius 3 is 2.23 bits per heavy atom. The monoisotopic (exact) mass is 428 g/mol. The largest absolute Gasteiger partial charge is 0.232 e. The molecule has 0 amide bonds. The molecule has 4 nitrogen and oxygen atoms in total. The molecule has 0 aliphatic carbocycles. The van der Waals surface area contributed by atoms with Crippen molar-refractivity contribution in [1.82, 2.24) is 14.5 Å². The Balaban J connectivity index is 1.56. The lowest BCUT2D eigenvalue weighted by molar-refractivity contribution is 0.666. The molecule has 4 aromatic carbocycles. The highest BCUT2D eigenvalue weighted by Crippen LogP contribution is 2.27. The van der Waals surface area contributed by atoms with E-state index >= 15 is 0 Å². The Morgan fingerprint density at radius 2 is 1.53 bits per heavy atom. The van der Waals surface area contributed by atoms with Crippen molar-refractivity contribution in [3.8, 4) is 0 Å². The smallest absolute Gasteiger partial charge is 0.219 e. The van der Waals surface area contributed by atoms with E-state index in [0.29, 0.717) is 16.3 Å². The van der Waals surface area contributed by atoms with Gasteiger partial charge in [0.2, 0.25) is 4.77 Å². The molecule has 0 atom stereocenters. The molecule has 0 saturated carbocycles. The van der Waals surface area contributed by atoms with Gasteiger partial charge in [-0.3, -0.25) is 0 Å². The van der Waals surface area contributed by atoms with Gasteiger partial charge in [0.15, 0.2) is 0 Å². The minimum atomic E-state index is 0.498. The summed E-state index contributed by atoms with van der Waals surface area (Å²) in [6.45, 7) is 0.498. The Labute approximate surface area is 183 Å². The summed E-state index contributed by atoms with van der Waals surface area (Å²) >= 11 is 11.9. The van der Waals surface area contributed by atoms with Crippen molar-refractivity contribution in [2.45, 2.75) is 6.54 Å². The predicted octanol–water partition coefficient (Wildman–Crippen LogP) is 6.30. The van der Waals surface area contributed by atoms with E-state index in [1.54, 1.807) is 15.7 Å². The molecule has 6 heteroatoms. The Morgan fingerprint density at radius 1 is 0.900 bits per heavy atom. The van der Waals surface area contributed by atoms with Crippen LogP contribution in [0.4, 0.5) is 0 Å². The number of aromatic nitrogens is 3. The van der Waals surface area contributed by atoms with Crippen LogP contribution in [0.25, 0.3) is 21.5 Å². The van der Waals surface area contributed by atoms with Crippen molar-refractivity contribution in [2.75, 3.05) is 0 Å². The first kappa shape index (κ1) is 18.7. The molecule has 0 saturated heterocycles. The highest BCUT2D eigenvalue weighted by atomic mass is 35.5. The number of hydrogen-bond donors (Lipinski definition) is 0. The molecule has 0 aliphatic heterocycles. The molecule has 30 heavy (non-hydrogen) atoms. The van der Waals surface area contributed by atoms with Crippen LogP contribution in [0.3, 0.4) is 0 Å². The molecule has 0 unspecified atom stereocenters. The molecule has 5 aromatic rings. The van der Waals surface area contributed by atoms with Gasteiger partial charge < -0.3 is 0 Å². The number of hydrogen-bond acceptors (Lipinski definition) is 3. The average molecular weight is 429 g/mol. The summed E-state index contributed by atoms with van der Waals surface area (Å²) in [5.41, 5.74) is 2.02. The topological polar surface area (TPSA) is 35.1 Å². The van der Waals surface area contributed by atoms with E-state index in [0.717, 1.165) is 21.9 Å². The lowest BCUT2D eigenvalue weighted by Crippen LogP contribution is -2.03. The minimum absolute atomic E-state index is 0.498. The van der Waals surface area contributed by atoms with Gasteiger partial charge in [0.05, 0.1) is 12.8 Å². The first-order chi connectivity index (χ1) is 14.7. The molecule has 0 spiro atoms. The van der Waals surface area contributed by atoms with Crippen molar-refractivity contribution in [3.63, 3.8) is 0 Å². The standard InChI is InChI=1S/C24H17ClN4S/c25-23-12-6-3-9-19(23)15-28-24(30)29(16-27-28)26-14-22-20-10-4-1-7-17(20)13-18-8-2-5-11-21(18)22/h1-14,16H,15H2/b26-14+. The van der Waals surface area contributed by atoms with E-state index in [9.17, 15) is 0 Å². The van der Waals surface area contributed by atoms with E-state index in [1.165, 1.54) is 10.8 Å². The third kappa shape index (κ3) is 3.43. The summed E-state index contributed by atoms with van der Waals surface area (Å²) in [5, 5.41) is 14.4. The van der Waals surface area contributed by atoms with Crippen LogP contribution in [0.2, 0.25) is 5.02 Å². The van der Waals surface area contributed by atoms with Gasteiger partial charge in [0.25, 0.3) is 0 Å². The molecule has 1 aromatic heterocycles. The van der Waals surface area contributed by atoms with Crippen LogP contribution in [0.1, 0.15) is 11.1 Å². The number of nitrogens with zero attached hydrogens (tertiary/aromatic N) is 4. The van der Waals surface area contributed by atoms with Crippen molar-refractivity contribution in [2.24, 2.45) is 5.10 Å². The van der Waals surface area contributed by atoms with E-state index in [1.807, 2.05) is 54.7 Å². The highest BCUT2D eigenvalue weighted by Gasteiger charge is 2.07. The highest BCUT2D eigenvalue weighted by molar-refractivity contribution is 7.71. The van der Waals surface area contributed by atoms with Crippen LogP contribution in [0.5, 0.6) is 0 Å². The molecular formula is C24H17ClN4S. The van der Waals surface area contributed by atoms with Crippen LogP contribution < -0.4 is 0 Å². The fourth-order valence-electron chi connectivity index (χ4n) is 3.61. The summed E-state index contributed by atoms with van der Waals surface area (Å²) in [4.78, 5) is 0. The molecule has 0 radical (unpaired) electrons. The van der Waals surface area contributed by atoms with E-state index in [4.69, 9.17) is 23.8 Å². The molecule has 0 N–H and O–H groups in total. The first-order valence-corrected chi connectivity index (χ1v) is 10.3. The second-order valence-electron chi connectivity index (χ2n) is 6.98. The maximum Gasteiger partial charge on any atom is 0.219 e. The number of fused-ring (bicyclic) bond motifs is 2. The third-order valence-corrected chi connectivity index (χ3v) is 5.89. The van der Waals surface area contributed by atoms with Crippen LogP contribution >= 0.6 is 23.8 Å². The van der Waals surface area contributed by atoms with Gasteiger partial charge in [0, 0.05) is 10.6 Å². The summed E-state index contributed by atoms with van der Waals surface area (Å²) in [6, 6.07) is 26.5. The zero-order valence-corrected chi connectivity index (χ0v) is 17.5. The van der Waals surface area contributed by atoms with Crippen molar-refractivity contribution in [1.29, 1.82) is 0 Å². The van der Waals surface area contributed by atoms with Gasteiger partial charge in [0.1, 0.15) is 6.33 Å². The van der Waals surface area contributed by atoms with Crippen molar-refractivity contribution in [3.05, 3.63) is 106 Å². The lowest BCUT2D eigenvalue weighted by atomic mass is 9.97. The van der Waals surface area contributed by atoms with Crippen LogP contribution in [-0.2, 0) is 6.54 Å². The molecule has 146 valence electrons. The molecule has 0 fully saturated rings. The van der Waals surface area contributed by atoms with Gasteiger partial charge in [-0.05, 0) is 51.5 Å². The fraction of sp³-hybridized carbons (Fsp3) is 0.0417. The average Bonchev–Trinajstić information content (AvgIpc) is 3.12. The fourth-order valence-corrected chi connectivity index (χ4v) is 4.01. The second kappa shape index (κ2) is 7.86. The Bertz CT molecular complexity index is 1410. The maximum atomic E-state index is 6.27. The summed E-state index contributed by atoms with van der Waals surface area (Å²) < 4.78 is 3.84. The summed E-state index contributed by atoms with van der Waals surface area (Å²) in [7, 11) is 0. The molecule has 0 bridgehead atoms. The normalized spacial score (nSPS) is 11.6. The van der Waals surface area contributed by atoms with Crippen LogP contribution in [0, 0.1) is 4.77 Å². The van der Waals surface area contributed by atoms with Gasteiger partial charge in [-0.15, -0.1) is 0 Å². The Kier molecular flexibility index (Phi) is 4.91. The summed E-state index contributed by atoms with van der Waals surface area (Å²) in [5.74, 6) is 0. The number of halogens is 1. The SMILES string of the molecule is S=c1n(/N=C/c2c3ccccc3cc3ccccc23)cnn1Cc1ccccc1Cl. The Hall–Kier alpha value is -3.28.